The average Bonchev–Trinajstić information content (AvgIpc) is 2.66. The van der Waals surface area contributed by atoms with Gasteiger partial charge in [0.1, 0.15) is 0 Å². The van der Waals surface area contributed by atoms with E-state index < -0.39 is 0 Å². The van der Waals surface area contributed by atoms with Crippen molar-refractivity contribution in [3.8, 4) is 0 Å². The number of hydrogen-bond donors (Lipinski definition) is 0. The summed E-state index contributed by atoms with van der Waals surface area (Å²) in [7, 11) is 1.71. The van der Waals surface area contributed by atoms with Crippen molar-refractivity contribution in [3.05, 3.63) is 40.0 Å². The van der Waals surface area contributed by atoms with Crippen LogP contribution in [0.5, 0.6) is 0 Å². The normalized spacial score (nSPS) is 15.3. The fourth-order valence-corrected chi connectivity index (χ4v) is 3.25. The molecule has 0 saturated carbocycles. The van der Waals surface area contributed by atoms with Crippen LogP contribution in [0.3, 0.4) is 0 Å². The van der Waals surface area contributed by atoms with Gasteiger partial charge in [0.15, 0.2) is 0 Å². The number of aromatic nitrogens is 1. The lowest BCUT2D eigenvalue weighted by Gasteiger charge is -2.13. The minimum Gasteiger partial charge on any atom is -0.380 e. The molecule has 3 rings (SSSR count). The SMILES string of the molecule is COCc1cccc2c(Cl)c3c(nc12)CCCCC3. The fraction of sp³-hybridized carbons (Fsp3) is 0.438. The molecule has 1 aromatic heterocycles. The van der Waals surface area contributed by atoms with Crippen molar-refractivity contribution in [2.75, 3.05) is 7.11 Å². The first-order chi connectivity index (χ1) is 9.31. The number of fused-ring (bicyclic) bond motifs is 2. The van der Waals surface area contributed by atoms with Crippen LogP contribution in [0.1, 0.15) is 36.1 Å². The van der Waals surface area contributed by atoms with Crippen molar-refractivity contribution in [3.63, 3.8) is 0 Å². The number of methoxy groups -OCH3 is 1. The molecule has 1 heterocycles. The second-order valence-electron chi connectivity index (χ2n) is 5.16. The van der Waals surface area contributed by atoms with Crippen molar-refractivity contribution in [2.45, 2.75) is 38.7 Å². The summed E-state index contributed by atoms with van der Waals surface area (Å²) < 4.78 is 5.26. The lowest BCUT2D eigenvalue weighted by Crippen LogP contribution is -2.01. The van der Waals surface area contributed by atoms with Crippen molar-refractivity contribution in [1.29, 1.82) is 0 Å². The smallest absolute Gasteiger partial charge is 0.0775 e. The highest BCUT2D eigenvalue weighted by molar-refractivity contribution is 6.36. The van der Waals surface area contributed by atoms with Crippen LogP contribution in [0.25, 0.3) is 10.9 Å². The Bertz CT molecular complexity index is 609. The van der Waals surface area contributed by atoms with Crippen LogP contribution in [0.2, 0.25) is 5.02 Å². The topological polar surface area (TPSA) is 22.1 Å². The lowest BCUT2D eigenvalue weighted by molar-refractivity contribution is 0.186. The Labute approximate surface area is 118 Å². The van der Waals surface area contributed by atoms with Crippen LogP contribution in [-0.4, -0.2) is 12.1 Å². The maximum Gasteiger partial charge on any atom is 0.0775 e. The molecule has 0 saturated heterocycles. The summed E-state index contributed by atoms with van der Waals surface area (Å²) in [4.78, 5) is 4.89. The maximum absolute atomic E-state index is 6.62. The molecule has 0 spiro atoms. The number of halogens is 1. The van der Waals surface area contributed by atoms with E-state index in [9.17, 15) is 0 Å². The van der Waals surface area contributed by atoms with Crippen molar-refractivity contribution >= 4 is 22.5 Å². The van der Waals surface area contributed by atoms with Gasteiger partial charge in [-0.1, -0.05) is 36.2 Å². The molecule has 2 aromatic rings. The Balaban J connectivity index is 2.24. The quantitative estimate of drug-likeness (QED) is 0.762. The molecule has 1 aliphatic rings. The molecule has 0 fully saturated rings. The van der Waals surface area contributed by atoms with Crippen molar-refractivity contribution in [2.24, 2.45) is 0 Å². The molecule has 0 aliphatic heterocycles. The van der Waals surface area contributed by atoms with Gasteiger partial charge in [-0.15, -0.1) is 0 Å². The molecule has 2 nitrogen and oxygen atoms in total. The van der Waals surface area contributed by atoms with Crippen LogP contribution in [0, 0.1) is 0 Å². The monoisotopic (exact) mass is 275 g/mol. The predicted molar refractivity (Wildman–Crippen MR) is 78.7 cm³/mol. The number of nitrogens with zero attached hydrogens (tertiary/aromatic N) is 1. The molecule has 0 bridgehead atoms. The Morgan fingerprint density at radius 1 is 1.21 bits per heavy atom. The summed E-state index contributed by atoms with van der Waals surface area (Å²) in [6.45, 7) is 0.583. The molecule has 3 heteroatoms. The zero-order valence-corrected chi connectivity index (χ0v) is 12.0. The van der Waals surface area contributed by atoms with E-state index in [1.807, 2.05) is 6.07 Å². The second kappa shape index (κ2) is 5.48. The molecule has 100 valence electrons. The number of hydrogen-bond acceptors (Lipinski definition) is 2. The first-order valence-corrected chi connectivity index (χ1v) is 7.27. The molecular formula is C16H18ClNO. The van der Waals surface area contributed by atoms with Gasteiger partial charge in [0.2, 0.25) is 0 Å². The Morgan fingerprint density at radius 3 is 2.89 bits per heavy atom. The van der Waals surface area contributed by atoms with E-state index in [1.54, 1.807) is 7.11 Å². The fourth-order valence-electron chi connectivity index (χ4n) is 2.90. The molecule has 1 aromatic carbocycles. The van der Waals surface area contributed by atoms with Crippen molar-refractivity contribution in [1.82, 2.24) is 4.98 Å². The number of benzene rings is 1. The summed E-state index contributed by atoms with van der Waals surface area (Å²) in [6, 6.07) is 6.17. The van der Waals surface area contributed by atoms with Gasteiger partial charge in [0.25, 0.3) is 0 Å². The van der Waals surface area contributed by atoms with Crippen LogP contribution < -0.4 is 0 Å². The molecule has 1 aliphatic carbocycles. The zero-order valence-electron chi connectivity index (χ0n) is 11.2. The van der Waals surface area contributed by atoms with Gasteiger partial charge in [0, 0.05) is 23.8 Å². The highest BCUT2D eigenvalue weighted by Gasteiger charge is 2.17. The minimum absolute atomic E-state index is 0.583. The Hall–Kier alpha value is -1.12. The summed E-state index contributed by atoms with van der Waals surface area (Å²) >= 11 is 6.62. The Morgan fingerprint density at radius 2 is 2.05 bits per heavy atom. The molecule has 19 heavy (non-hydrogen) atoms. The predicted octanol–water partition coefficient (Wildman–Crippen LogP) is 4.30. The molecule has 0 N–H and O–H groups in total. The van der Waals surface area contributed by atoms with Gasteiger partial charge in [-0.2, -0.15) is 0 Å². The molecule has 0 amide bonds. The van der Waals surface area contributed by atoms with E-state index in [0.717, 1.165) is 34.3 Å². The number of rotatable bonds is 2. The highest BCUT2D eigenvalue weighted by Crippen LogP contribution is 2.33. The van der Waals surface area contributed by atoms with Gasteiger partial charge in [-0.3, -0.25) is 4.98 Å². The number of para-hydroxylation sites is 1. The lowest BCUT2D eigenvalue weighted by atomic mass is 10.0. The van der Waals surface area contributed by atoms with Gasteiger partial charge >= 0.3 is 0 Å². The summed E-state index contributed by atoms with van der Waals surface area (Å²) in [6.07, 6.45) is 5.82. The zero-order chi connectivity index (χ0) is 13.2. The largest absolute Gasteiger partial charge is 0.380 e. The van der Waals surface area contributed by atoms with E-state index in [-0.39, 0.29) is 0 Å². The number of pyridine rings is 1. The van der Waals surface area contributed by atoms with E-state index >= 15 is 0 Å². The van der Waals surface area contributed by atoms with Crippen LogP contribution >= 0.6 is 11.6 Å². The maximum atomic E-state index is 6.62. The first kappa shape index (κ1) is 12.9. The van der Waals surface area contributed by atoms with Crippen molar-refractivity contribution < 1.29 is 4.74 Å². The molecule has 0 atom stereocenters. The molecule has 0 radical (unpaired) electrons. The van der Waals surface area contributed by atoms with Gasteiger partial charge in [-0.05, 0) is 31.2 Å². The summed E-state index contributed by atoms with van der Waals surface area (Å²) in [5.41, 5.74) is 4.59. The van der Waals surface area contributed by atoms with Gasteiger partial charge in [-0.25, -0.2) is 0 Å². The van der Waals surface area contributed by atoms with Gasteiger partial charge < -0.3 is 4.74 Å². The summed E-state index contributed by atoms with van der Waals surface area (Å²) in [5, 5.41) is 1.97. The standard InChI is InChI=1S/C16H18ClNO/c1-19-10-11-6-5-8-13-15(17)12-7-3-2-4-9-14(12)18-16(11)13/h5-6,8H,2-4,7,9-10H2,1H3. The highest BCUT2D eigenvalue weighted by atomic mass is 35.5. The minimum atomic E-state index is 0.583. The van der Waals surface area contributed by atoms with Crippen LogP contribution in [-0.2, 0) is 24.2 Å². The van der Waals surface area contributed by atoms with E-state index in [4.69, 9.17) is 21.3 Å². The van der Waals surface area contributed by atoms with Crippen LogP contribution in [0.15, 0.2) is 18.2 Å². The van der Waals surface area contributed by atoms with Crippen LogP contribution in [0.4, 0.5) is 0 Å². The third kappa shape index (κ3) is 2.35. The first-order valence-electron chi connectivity index (χ1n) is 6.89. The number of ether oxygens (including phenoxy) is 1. The third-order valence-electron chi connectivity index (χ3n) is 3.86. The van der Waals surface area contributed by atoms with Gasteiger partial charge in [0.05, 0.1) is 17.1 Å². The Kier molecular flexibility index (Phi) is 3.72. The van der Waals surface area contributed by atoms with E-state index in [0.29, 0.717) is 6.61 Å². The summed E-state index contributed by atoms with van der Waals surface area (Å²) in [5.74, 6) is 0. The number of aryl methyl sites for hydroxylation is 1. The second-order valence-corrected chi connectivity index (χ2v) is 5.54. The third-order valence-corrected chi connectivity index (χ3v) is 4.29. The van der Waals surface area contributed by atoms with E-state index in [2.05, 4.69) is 12.1 Å². The average molecular weight is 276 g/mol. The van der Waals surface area contributed by atoms with E-state index in [1.165, 1.54) is 30.5 Å². The molecule has 0 unspecified atom stereocenters. The molecular weight excluding hydrogens is 258 g/mol.